The topological polar surface area (TPSA) is 91.2 Å². The highest BCUT2D eigenvalue weighted by molar-refractivity contribution is 6.31. The number of phenolic OH excluding ortho intramolecular Hbond substituents is 2. The number of carbonyl (C=O) groups excluding carboxylic acids is 1. The van der Waals surface area contributed by atoms with Crippen molar-refractivity contribution < 1.29 is 24.1 Å². The second-order valence-corrected chi connectivity index (χ2v) is 6.41. The lowest BCUT2D eigenvalue weighted by atomic mass is 10.2. The van der Waals surface area contributed by atoms with Gasteiger partial charge in [-0.15, -0.1) is 0 Å². The molecule has 0 radical (unpaired) electrons. The summed E-state index contributed by atoms with van der Waals surface area (Å²) in [7, 11) is 0. The Morgan fingerprint density at radius 3 is 2.55 bits per heavy atom. The zero-order valence-electron chi connectivity index (χ0n) is 15.0. The third-order valence-electron chi connectivity index (χ3n) is 3.85. The first kappa shape index (κ1) is 20.2. The first-order chi connectivity index (χ1) is 13.9. The first-order valence-electron chi connectivity index (χ1n) is 8.44. The van der Waals surface area contributed by atoms with Gasteiger partial charge < -0.3 is 14.9 Å². The van der Waals surface area contributed by atoms with Crippen LogP contribution in [-0.4, -0.2) is 22.3 Å². The number of nitrogens with zero attached hydrogens (tertiary/aromatic N) is 1. The number of aromatic hydroxyl groups is 2. The number of rotatable bonds is 6. The summed E-state index contributed by atoms with van der Waals surface area (Å²) in [5.41, 5.74) is 3.57. The number of phenols is 2. The number of amides is 1. The van der Waals surface area contributed by atoms with Gasteiger partial charge in [-0.2, -0.15) is 5.10 Å². The number of hydrazone groups is 1. The van der Waals surface area contributed by atoms with Crippen molar-refractivity contribution in [2.24, 2.45) is 5.10 Å². The van der Waals surface area contributed by atoms with Gasteiger partial charge in [-0.3, -0.25) is 4.79 Å². The van der Waals surface area contributed by atoms with E-state index in [4.69, 9.17) is 16.3 Å². The number of hydrogen-bond acceptors (Lipinski definition) is 5. The molecular formula is C21H16ClFN2O4. The van der Waals surface area contributed by atoms with Crippen LogP contribution < -0.4 is 10.2 Å². The van der Waals surface area contributed by atoms with Crippen molar-refractivity contribution in [2.75, 3.05) is 0 Å². The number of nitrogens with one attached hydrogen (secondary N) is 1. The van der Waals surface area contributed by atoms with E-state index >= 15 is 0 Å². The van der Waals surface area contributed by atoms with Crippen LogP contribution in [-0.2, 0) is 6.61 Å². The van der Waals surface area contributed by atoms with Gasteiger partial charge in [0, 0.05) is 22.8 Å². The molecule has 0 heterocycles. The van der Waals surface area contributed by atoms with Crippen LogP contribution in [0.1, 0.15) is 21.5 Å². The minimum absolute atomic E-state index is 0.0511. The van der Waals surface area contributed by atoms with Gasteiger partial charge in [0.1, 0.15) is 29.7 Å². The van der Waals surface area contributed by atoms with Crippen LogP contribution in [0.4, 0.5) is 4.39 Å². The third-order valence-corrected chi connectivity index (χ3v) is 4.20. The molecular weight excluding hydrogens is 399 g/mol. The highest BCUT2D eigenvalue weighted by Gasteiger charge is 2.08. The molecule has 0 bridgehead atoms. The average Bonchev–Trinajstić information content (AvgIpc) is 2.67. The van der Waals surface area contributed by atoms with Crippen LogP contribution in [0.5, 0.6) is 17.2 Å². The molecule has 1 amide bonds. The monoisotopic (exact) mass is 414 g/mol. The van der Waals surface area contributed by atoms with Crippen molar-refractivity contribution in [3.05, 3.63) is 88.2 Å². The largest absolute Gasteiger partial charge is 0.508 e. The van der Waals surface area contributed by atoms with E-state index in [0.29, 0.717) is 16.9 Å². The van der Waals surface area contributed by atoms with Crippen LogP contribution in [0.3, 0.4) is 0 Å². The van der Waals surface area contributed by atoms with Crippen LogP contribution >= 0.6 is 11.6 Å². The van der Waals surface area contributed by atoms with Gasteiger partial charge in [0.2, 0.25) is 0 Å². The molecule has 0 aliphatic heterocycles. The van der Waals surface area contributed by atoms with Crippen molar-refractivity contribution >= 4 is 23.7 Å². The molecule has 29 heavy (non-hydrogen) atoms. The third kappa shape index (κ3) is 5.46. The highest BCUT2D eigenvalue weighted by atomic mass is 35.5. The fourth-order valence-electron chi connectivity index (χ4n) is 2.46. The maximum atomic E-state index is 13.1. The van der Waals surface area contributed by atoms with Gasteiger partial charge in [0.05, 0.1) is 11.2 Å². The summed E-state index contributed by atoms with van der Waals surface area (Å²) in [5.74, 6) is -1.03. The predicted octanol–water partition coefficient (Wildman–Crippen LogP) is 4.23. The molecule has 3 rings (SSSR count). The normalized spacial score (nSPS) is 10.8. The molecule has 3 aromatic rings. The molecule has 0 fully saturated rings. The summed E-state index contributed by atoms with van der Waals surface area (Å²) < 4.78 is 18.9. The van der Waals surface area contributed by atoms with Crippen LogP contribution in [0.2, 0.25) is 5.02 Å². The number of carbonyl (C=O) groups is 1. The van der Waals surface area contributed by atoms with Gasteiger partial charge in [0.15, 0.2) is 0 Å². The van der Waals surface area contributed by atoms with Crippen LogP contribution in [0.15, 0.2) is 65.8 Å². The Labute approximate surface area is 170 Å². The summed E-state index contributed by atoms with van der Waals surface area (Å²) in [6, 6.07) is 14.6. The molecule has 0 aliphatic rings. The van der Waals surface area contributed by atoms with Crippen molar-refractivity contribution in [1.82, 2.24) is 5.43 Å². The first-order valence-corrected chi connectivity index (χ1v) is 8.82. The van der Waals surface area contributed by atoms with E-state index in [9.17, 15) is 19.4 Å². The highest BCUT2D eigenvalue weighted by Crippen LogP contribution is 2.22. The van der Waals surface area contributed by atoms with Gasteiger partial charge in [0.25, 0.3) is 5.91 Å². The lowest BCUT2D eigenvalue weighted by Gasteiger charge is -2.10. The Hall–Kier alpha value is -3.58. The summed E-state index contributed by atoms with van der Waals surface area (Å²) >= 11 is 6.01. The number of halogens is 2. The van der Waals surface area contributed by atoms with Gasteiger partial charge in [-0.05, 0) is 36.4 Å². The van der Waals surface area contributed by atoms with E-state index in [1.807, 2.05) is 0 Å². The maximum absolute atomic E-state index is 13.1. The molecule has 3 aromatic carbocycles. The molecule has 0 atom stereocenters. The zero-order chi connectivity index (χ0) is 20.8. The molecule has 6 nitrogen and oxygen atoms in total. The summed E-state index contributed by atoms with van der Waals surface area (Å²) in [4.78, 5) is 12.1. The van der Waals surface area contributed by atoms with Crippen molar-refractivity contribution in [1.29, 1.82) is 0 Å². The summed E-state index contributed by atoms with van der Waals surface area (Å²) in [5, 5.41) is 23.0. The van der Waals surface area contributed by atoms with E-state index in [0.717, 1.165) is 6.07 Å². The minimum Gasteiger partial charge on any atom is -0.508 e. The SMILES string of the molecule is O=C(N/N=C\c1ccccc1OCc1ccc(F)cc1Cl)c1cc(O)cc(O)c1. The predicted molar refractivity (Wildman–Crippen MR) is 107 cm³/mol. The summed E-state index contributed by atoms with van der Waals surface area (Å²) in [6.45, 7) is 0.124. The number of benzene rings is 3. The molecule has 148 valence electrons. The van der Waals surface area contributed by atoms with Crippen molar-refractivity contribution in [3.8, 4) is 17.2 Å². The Balaban J connectivity index is 1.67. The average molecular weight is 415 g/mol. The standard InChI is InChI=1S/C21H16ClFN2O4/c22-19-9-16(23)6-5-14(19)12-29-20-4-2-1-3-13(20)11-24-25-21(28)15-7-17(26)10-18(27)8-15/h1-11,26-27H,12H2,(H,25,28)/b24-11-. The van der Waals surface area contributed by atoms with E-state index in [1.54, 1.807) is 30.3 Å². The molecule has 3 N–H and O–H groups in total. The molecule has 0 unspecified atom stereocenters. The molecule has 0 aromatic heterocycles. The van der Waals surface area contributed by atoms with Gasteiger partial charge in [-0.25, -0.2) is 9.82 Å². The Kier molecular flexibility index (Phi) is 6.31. The van der Waals surface area contributed by atoms with Gasteiger partial charge in [-0.1, -0.05) is 29.8 Å². The molecule has 8 heteroatoms. The molecule has 0 spiro atoms. The summed E-state index contributed by atoms with van der Waals surface area (Å²) in [6.07, 6.45) is 1.39. The second kappa shape index (κ2) is 9.07. The smallest absolute Gasteiger partial charge is 0.271 e. The van der Waals surface area contributed by atoms with Crippen molar-refractivity contribution in [3.63, 3.8) is 0 Å². The van der Waals surface area contributed by atoms with E-state index in [-0.39, 0.29) is 28.7 Å². The molecule has 0 aliphatic carbocycles. The number of hydrogen-bond donors (Lipinski definition) is 3. The minimum atomic E-state index is -0.607. The molecule has 0 saturated carbocycles. The van der Waals surface area contributed by atoms with Crippen molar-refractivity contribution in [2.45, 2.75) is 6.61 Å². The Morgan fingerprint density at radius 1 is 1.10 bits per heavy atom. The Morgan fingerprint density at radius 2 is 1.83 bits per heavy atom. The van der Waals surface area contributed by atoms with Crippen LogP contribution in [0, 0.1) is 5.82 Å². The number of ether oxygens (including phenoxy) is 1. The second-order valence-electron chi connectivity index (χ2n) is 6.00. The fraction of sp³-hybridized carbons (Fsp3) is 0.0476. The lowest BCUT2D eigenvalue weighted by Crippen LogP contribution is -2.17. The van der Waals surface area contributed by atoms with Gasteiger partial charge >= 0.3 is 0 Å². The van der Waals surface area contributed by atoms with E-state index in [2.05, 4.69) is 10.5 Å². The van der Waals surface area contributed by atoms with Crippen LogP contribution in [0.25, 0.3) is 0 Å². The van der Waals surface area contributed by atoms with E-state index in [1.165, 1.54) is 30.5 Å². The lowest BCUT2D eigenvalue weighted by molar-refractivity contribution is 0.0954. The molecule has 0 saturated heterocycles. The zero-order valence-corrected chi connectivity index (χ0v) is 15.7. The fourth-order valence-corrected chi connectivity index (χ4v) is 2.69. The quantitative estimate of drug-likeness (QED) is 0.415. The Bertz CT molecular complexity index is 1050. The maximum Gasteiger partial charge on any atom is 0.271 e. The van der Waals surface area contributed by atoms with E-state index < -0.39 is 11.7 Å². The number of para-hydroxylation sites is 1.